The second-order valence-electron chi connectivity index (χ2n) is 6.45. The van der Waals surface area contributed by atoms with Gasteiger partial charge in [-0.2, -0.15) is 0 Å². The summed E-state index contributed by atoms with van der Waals surface area (Å²) in [5.41, 5.74) is 1.90. The number of methoxy groups -OCH3 is 1. The van der Waals surface area contributed by atoms with E-state index in [1.165, 1.54) is 0 Å². The van der Waals surface area contributed by atoms with E-state index in [0.29, 0.717) is 6.42 Å². The molecule has 1 fully saturated rings. The van der Waals surface area contributed by atoms with Crippen LogP contribution < -0.4 is 10.1 Å². The maximum atomic E-state index is 12.3. The number of carbonyl (C=O) groups is 1. The van der Waals surface area contributed by atoms with Crippen LogP contribution in [-0.4, -0.2) is 41.0 Å². The lowest BCUT2D eigenvalue weighted by molar-refractivity contribution is -0.127. The Balaban J connectivity index is 1.63. The minimum atomic E-state index is -0.0652. The zero-order chi connectivity index (χ0) is 18.1. The highest BCUT2D eigenvalue weighted by atomic mass is 16.5. The number of fused-ring (bicyclic) bond motifs is 1. The number of aromatic nitrogens is 2. The van der Waals surface area contributed by atoms with Crippen molar-refractivity contribution in [2.45, 2.75) is 18.5 Å². The smallest absolute Gasteiger partial charge is 0.225 e. The number of ether oxygens (including phenoxy) is 1. The first-order valence-corrected chi connectivity index (χ1v) is 8.52. The number of amides is 1. The van der Waals surface area contributed by atoms with Crippen molar-refractivity contribution in [1.29, 1.82) is 0 Å². The van der Waals surface area contributed by atoms with Crippen LogP contribution in [-0.2, 0) is 4.79 Å². The Labute approximate surface area is 151 Å². The summed E-state index contributed by atoms with van der Waals surface area (Å²) in [4.78, 5) is 22.9. The van der Waals surface area contributed by atoms with Crippen molar-refractivity contribution in [2.75, 3.05) is 19.5 Å². The van der Waals surface area contributed by atoms with E-state index < -0.39 is 0 Å². The van der Waals surface area contributed by atoms with Gasteiger partial charge in [-0.25, -0.2) is 4.98 Å². The van der Waals surface area contributed by atoms with E-state index >= 15 is 0 Å². The van der Waals surface area contributed by atoms with E-state index in [1.807, 2.05) is 55.7 Å². The Hall–Kier alpha value is -3.15. The zero-order valence-electron chi connectivity index (χ0n) is 14.7. The molecule has 1 amide bonds. The molecule has 26 heavy (non-hydrogen) atoms. The lowest BCUT2D eigenvalue weighted by Gasteiger charge is -2.26. The molecule has 3 heterocycles. The van der Waals surface area contributed by atoms with Crippen molar-refractivity contribution < 1.29 is 9.53 Å². The minimum absolute atomic E-state index is 0.0556. The Morgan fingerprint density at radius 2 is 2.12 bits per heavy atom. The summed E-state index contributed by atoms with van der Waals surface area (Å²) >= 11 is 0. The number of nitrogens with one attached hydrogen (secondary N) is 1. The molecule has 1 saturated heterocycles. The molecule has 2 aromatic heterocycles. The summed E-state index contributed by atoms with van der Waals surface area (Å²) in [7, 11) is 3.48. The predicted octanol–water partition coefficient (Wildman–Crippen LogP) is 3.02. The van der Waals surface area contributed by atoms with Crippen LogP contribution in [0.5, 0.6) is 5.75 Å². The molecule has 1 aliphatic rings. The van der Waals surface area contributed by atoms with Crippen LogP contribution in [0.15, 0.2) is 54.9 Å². The molecular formula is C20H20N4O2. The van der Waals surface area contributed by atoms with Gasteiger partial charge in [0.05, 0.1) is 24.7 Å². The molecule has 0 spiro atoms. The lowest BCUT2D eigenvalue weighted by Crippen LogP contribution is -2.30. The summed E-state index contributed by atoms with van der Waals surface area (Å²) in [6, 6.07) is 13.5. The maximum Gasteiger partial charge on any atom is 0.225 e. The number of likely N-dealkylation sites (N-methyl/N-ethyl adjacent to an activating group) is 1. The molecule has 0 radical (unpaired) electrons. The summed E-state index contributed by atoms with van der Waals surface area (Å²) in [6.45, 7) is 0. The van der Waals surface area contributed by atoms with Gasteiger partial charge < -0.3 is 15.0 Å². The van der Waals surface area contributed by atoms with E-state index in [-0.39, 0.29) is 18.0 Å². The summed E-state index contributed by atoms with van der Waals surface area (Å²) < 4.78 is 5.25. The number of benzene rings is 1. The molecular weight excluding hydrogens is 328 g/mol. The van der Waals surface area contributed by atoms with Crippen LogP contribution in [0.1, 0.15) is 18.0 Å². The topological polar surface area (TPSA) is 67.3 Å². The molecule has 1 N–H and O–H groups in total. The molecule has 0 bridgehead atoms. The second kappa shape index (κ2) is 6.63. The first-order chi connectivity index (χ1) is 12.7. The van der Waals surface area contributed by atoms with Gasteiger partial charge in [0, 0.05) is 31.2 Å². The van der Waals surface area contributed by atoms with E-state index in [0.717, 1.165) is 28.0 Å². The quantitative estimate of drug-likeness (QED) is 0.785. The highest BCUT2D eigenvalue weighted by Crippen LogP contribution is 2.33. The number of nitrogens with zero attached hydrogens (tertiary/aromatic N) is 3. The highest BCUT2D eigenvalue weighted by Gasteiger charge is 2.38. The van der Waals surface area contributed by atoms with Crippen molar-refractivity contribution >= 4 is 22.6 Å². The molecule has 3 aromatic rings. The van der Waals surface area contributed by atoms with Gasteiger partial charge in [0.2, 0.25) is 5.91 Å². The number of rotatable bonds is 4. The average molecular weight is 348 g/mol. The molecule has 1 aliphatic heterocycles. The second-order valence-corrected chi connectivity index (χ2v) is 6.45. The van der Waals surface area contributed by atoms with Crippen molar-refractivity contribution in [1.82, 2.24) is 14.9 Å². The Bertz CT molecular complexity index is 945. The summed E-state index contributed by atoms with van der Waals surface area (Å²) in [5, 5.41) is 4.45. The van der Waals surface area contributed by atoms with Crippen LogP contribution in [0.2, 0.25) is 0 Å². The van der Waals surface area contributed by atoms with Crippen molar-refractivity contribution in [3.8, 4) is 5.75 Å². The van der Waals surface area contributed by atoms with Gasteiger partial charge in [-0.1, -0.05) is 6.07 Å². The molecule has 0 unspecified atom stereocenters. The molecule has 0 saturated carbocycles. The van der Waals surface area contributed by atoms with E-state index in [2.05, 4.69) is 15.3 Å². The fourth-order valence-electron chi connectivity index (χ4n) is 3.51. The fourth-order valence-corrected chi connectivity index (χ4v) is 3.51. The maximum absolute atomic E-state index is 12.3. The van der Waals surface area contributed by atoms with Gasteiger partial charge in [-0.05, 0) is 42.0 Å². The third kappa shape index (κ3) is 2.94. The van der Waals surface area contributed by atoms with Crippen molar-refractivity contribution in [3.63, 3.8) is 0 Å². The van der Waals surface area contributed by atoms with Gasteiger partial charge in [0.15, 0.2) is 0 Å². The Morgan fingerprint density at radius 1 is 1.23 bits per heavy atom. The minimum Gasteiger partial charge on any atom is -0.497 e. The molecule has 2 atom stereocenters. The number of hydrogen-bond acceptors (Lipinski definition) is 5. The molecule has 6 heteroatoms. The first kappa shape index (κ1) is 16.3. The Morgan fingerprint density at radius 3 is 2.88 bits per heavy atom. The van der Waals surface area contributed by atoms with Crippen LogP contribution in [0.4, 0.5) is 5.82 Å². The van der Waals surface area contributed by atoms with E-state index in [1.54, 1.807) is 18.2 Å². The standard InChI is InChI=1S/C20H20N4O2/c1-24-19(25)11-17(20(24)14-4-3-9-21-12-14)23-18-8-5-13-10-15(26-2)6-7-16(13)22-18/h3-10,12,17,20H,11H2,1-2H3,(H,22,23)/t17-,20+/m1/s1. The molecule has 1 aromatic carbocycles. The average Bonchev–Trinajstić information content (AvgIpc) is 2.95. The number of anilines is 1. The fraction of sp³-hybridized carbons (Fsp3) is 0.250. The number of likely N-dealkylation sites (tertiary alicyclic amines) is 1. The van der Waals surface area contributed by atoms with Crippen molar-refractivity contribution in [2.24, 2.45) is 0 Å². The van der Waals surface area contributed by atoms with Crippen LogP contribution in [0.3, 0.4) is 0 Å². The van der Waals surface area contributed by atoms with Gasteiger partial charge in [-0.15, -0.1) is 0 Å². The molecule has 132 valence electrons. The molecule has 0 aliphatic carbocycles. The molecule has 6 nitrogen and oxygen atoms in total. The van der Waals surface area contributed by atoms with Gasteiger partial charge in [-0.3, -0.25) is 9.78 Å². The van der Waals surface area contributed by atoms with Crippen molar-refractivity contribution in [3.05, 3.63) is 60.4 Å². The lowest BCUT2D eigenvalue weighted by atomic mass is 10.0. The van der Waals surface area contributed by atoms with E-state index in [9.17, 15) is 4.79 Å². The largest absolute Gasteiger partial charge is 0.497 e. The van der Waals surface area contributed by atoms with Gasteiger partial charge in [0.25, 0.3) is 0 Å². The first-order valence-electron chi connectivity index (χ1n) is 8.52. The SMILES string of the molecule is COc1ccc2nc(N[C@@H]3CC(=O)N(C)[C@H]3c3cccnc3)ccc2c1. The van der Waals surface area contributed by atoms with Gasteiger partial charge in [0.1, 0.15) is 11.6 Å². The summed E-state index contributed by atoms with van der Waals surface area (Å²) in [6.07, 6.45) is 3.98. The van der Waals surface area contributed by atoms with E-state index in [4.69, 9.17) is 4.74 Å². The zero-order valence-corrected chi connectivity index (χ0v) is 14.7. The third-order valence-electron chi connectivity index (χ3n) is 4.84. The predicted molar refractivity (Wildman–Crippen MR) is 100 cm³/mol. The Kier molecular flexibility index (Phi) is 4.16. The number of hydrogen-bond donors (Lipinski definition) is 1. The summed E-state index contributed by atoms with van der Waals surface area (Å²) in [5.74, 6) is 1.67. The third-order valence-corrected chi connectivity index (χ3v) is 4.84. The van der Waals surface area contributed by atoms with Gasteiger partial charge >= 0.3 is 0 Å². The number of carbonyl (C=O) groups excluding carboxylic acids is 1. The van der Waals surface area contributed by atoms with Crippen LogP contribution >= 0.6 is 0 Å². The number of pyridine rings is 2. The van der Waals surface area contributed by atoms with Crippen LogP contribution in [0, 0.1) is 0 Å². The van der Waals surface area contributed by atoms with Crippen LogP contribution in [0.25, 0.3) is 10.9 Å². The highest BCUT2D eigenvalue weighted by molar-refractivity contribution is 5.83. The molecule has 4 rings (SSSR count). The monoisotopic (exact) mass is 348 g/mol. The normalized spacial score (nSPS) is 19.8.